The molecule has 3 rings (SSSR count). The van der Waals surface area contributed by atoms with Gasteiger partial charge in [-0.25, -0.2) is 9.59 Å². The number of nitrogen functional groups attached to an aromatic ring is 1. The molecule has 1 aromatic carbocycles. The van der Waals surface area contributed by atoms with Crippen LogP contribution >= 0.6 is 0 Å². The number of nitrogens with two attached hydrogens (primary N) is 1. The summed E-state index contributed by atoms with van der Waals surface area (Å²) in [7, 11) is 2.55. The summed E-state index contributed by atoms with van der Waals surface area (Å²) >= 11 is 0. The number of rotatable bonds is 7. The molecule has 0 saturated carbocycles. The first kappa shape index (κ1) is 22.0. The molecule has 1 saturated heterocycles. The number of carbonyl (C=O) groups excluding carboxylic acids is 3. The maximum absolute atomic E-state index is 13.4. The zero-order valence-corrected chi connectivity index (χ0v) is 17.7. The number of Topliss-reactive ketones (excluding diaryl/α,β-unsaturated/α-hetero) is 1. The smallest absolute Gasteiger partial charge is 0.332 e. The highest BCUT2D eigenvalue weighted by Gasteiger charge is 2.52. The van der Waals surface area contributed by atoms with Crippen molar-refractivity contribution in [2.24, 2.45) is 14.1 Å². The highest BCUT2D eigenvalue weighted by molar-refractivity contribution is 6.12. The summed E-state index contributed by atoms with van der Waals surface area (Å²) in [6.07, 6.45) is 1.85. The number of imide groups is 1. The number of anilines is 1. The number of benzene rings is 1. The van der Waals surface area contributed by atoms with Crippen LogP contribution in [0.1, 0.15) is 42.1 Å². The van der Waals surface area contributed by atoms with E-state index in [1.54, 1.807) is 30.3 Å². The minimum atomic E-state index is -1.28. The van der Waals surface area contributed by atoms with Gasteiger partial charge in [0.15, 0.2) is 5.78 Å². The molecule has 1 aliphatic rings. The Morgan fingerprint density at radius 1 is 1.06 bits per heavy atom. The quantitative estimate of drug-likeness (QED) is 0.487. The fourth-order valence-electron chi connectivity index (χ4n) is 3.79. The van der Waals surface area contributed by atoms with Crippen LogP contribution in [0.3, 0.4) is 0 Å². The second-order valence-electron chi connectivity index (χ2n) is 7.59. The van der Waals surface area contributed by atoms with E-state index >= 15 is 0 Å². The van der Waals surface area contributed by atoms with Crippen molar-refractivity contribution < 1.29 is 14.4 Å². The van der Waals surface area contributed by atoms with Crippen LogP contribution in [-0.4, -0.2) is 38.3 Å². The van der Waals surface area contributed by atoms with Gasteiger partial charge in [-0.15, -0.1) is 0 Å². The molecule has 1 fully saturated rings. The highest BCUT2D eigenvalue weighted by Crippen LogP contribution is 2.34. The van der Waals surface area contributed by atoms with Crippen LogP contribution in [-0.2, 0) is 24.4 Å². The van der Waals surface area contributed by atoms with Gasteiger partial charge in [0.2, 0.25) is 0 Å². The average molecular weight is 427 g/mol. The molecule has 10 heteroatoms. The van der Waals surface area contributed by atoms with Crippen molar-refractivity contribution in [1.29, 1.82) is 0 Å². The number of hydrogen-bond donors (Lipinski definition) is 2. The van der Waals surface area contributed by atoms with Gasteiger partial charge in [0.25, 0.3) is 11.5 Å². The Balaban J connectivity index is 1.99. The number of nitrogens with zero attached hydrogens (tertiary/aromatic N) is 3. The Kier molecular flexibility index (Phi) is 5.83. The summed E-state index contributed by atoms with van der Waals surface area (Å²) in [4.78, 5) is 64.3. The fourth-order valence-corrected chi connectivity index (χ4v) is 3.79. The summed E-state index contributed by atoms with van der Waals surface area (Å²) in [5.41, 5.74) is 3.17. The molecule has 164 valence electrons. The Morgan fingerprint density at radius 3 is 2.32 bits per heavy atom. The number of amides is 3. The van der Waals surface area contributed by atoms with Crippen molar-refractivity contribution in [3.8, 4) is 0 Å². The number of urea groups is 1. The summed E-state index contributed by atoms with van der Waals surface area (Å²) < 4.78 is 1.72. The van der Waals surface area contributed by atoms with Crippen LogP contribution in [0.15, 0.2) is 39.9 Å². The van der Waals surface area contributed by atoms with Crippen molar-refractivity contribution in [1.82, 2.24) is 19.4 Å². The van der Waals surface area contributed by atoms with Crippen LogP contribution in [0, 0.1) is 0 Å². The molecule has 1 aliphatic heterocycles. The van der Waals surface area contributed by atoms with Gasteiger partial charge in [-0.3, -0.25) is 28.4 Å². The van der Waals surface area contributed by atoms with E-state index in [0.29, 0.717) is 18.4 Å². The lowest BCUT2D eigenvalue weighted by Gasteiger charge is -2.27. The van der Waals surface area contributed by atoms with Gasteiger partial charge < -0.3 is 11.1 Å². The Hall–Kier alpha value is -3.69. The molecule has 2 heterocycles. The van der Waals surface area contributed by atoms with E-state index in [1.165, 1.54) is 14.1 Å². The topological polar surface area (TPSA) is 136 Å². The second kappa shape index (κ2) is 8.21. The lowest BCUT2D eigenvalue weighted by Crippen LogP contribution is -2.45. The van der Waals surface area contributed by atoms with Crippen LogP contribution in [0.4, 0.5) is 10.6 Å². The molecule has 1 atom stereocenters. The number of ketones is 1. The zero-order chi connectivity index (χ0) is 22.9. The molecular formula is C21H25N5O5. The number of hydrogen-bond acceptors (Lipinski definition) is 6. The van der Waals surface area contributed by atoms with Gasteiger partial charge >= 0.3 is 11.7 Å². The van der Waals surface area contributed by atoms with Gasteiger partial charge in [0.05, 0.1) is 6.54 Å². The number of aromatic nitrogens is 2. The third kappa shape index (κ3) is 3.54. The summed E-state index contributed by atoms with van der Waals surface area (Å²) in [5.74, 6) is -1.70. The van der Waals surface area contributed by atoms with E-state index in [9.17, 15) is 24.0 Å². The predicted octanol–water partition coefficient (Wildman–Crippen LogP) is 0.486. The Bertz CT molecular complexity index is 1170. The lowest BCUT2D eigenvalue weighted by molar-refractivity contribution is -0.131. The van der Waals surface area contributed by atoms with Crippen LogP contribution in [0.5, 0.6) is 0 Å². The van der Waals surface area contributed by atoms with Crippen molar-refractivity contribution in [3.05, 3.63) is 62.3 Å². The second-order valence-corrected chi connectivity index (χ2v) is 7.59. The molecule has 0 bridgehead atoms. The lowest BCUT2D eigenvalue weighted by atomic mass is 9.85. The van der Waals surface area contributed by atoms with Crippen molar-refractivity contribution in [2.45, 2.75) is 31.7 Å². The normalized spacial score (nSPS) is 18.4. The minimum absolute atomic E-state index is 0.314. The van der Waals surface area contributed by atoms with Crippen molar-refractivity contribution >= 4 is 23.5 Å². The number of nitrogens with one attached hydrogen (secondary N) is 1. The summed E-state index contributed by atoms with van der Waals surface area (Å²) in [6, 6.07) is 8.12. The standard InChI is InChI=1S/C21H25N5O5/c1-4-5-11-21(13-9-7-6-8-10-13)18(29)26(19(30)23-21)12-14(27)15-16(22)24(2)20(31)25(3)17(15)28/h6-10H,4-5,11-12,22H2,1-3H3,(H,23,30). The van der Waals surface area contributed by atoms with Gasteiger partial charge in [-0.1, -0.05) is 50.1 Å². The third-order valence-electron chi connectivity index (χ3n) is 5.64. The average Bonchev–Trinajstić information content (AvgIpc) is 3.00. The fraction of sp³-hybridized carbons (Fsp3) is 0.381. The van der Waals surface area contributed by atoms with Crippen molar-refractivity contribution in [2.75, 3.05) is 12.3 Å². The monoisotopic (exact) mass is 427 g/mol. The van der Waals surface area contributed by atoms with Gasteiger partial charge in [0, 0.05) is 14.1 Å². The Labute approximate surface area is 178 Å². The van der Waals surface area contributed by atoms with E-state index in [2.05, 4.69) is 5.32 Å². The molecule has 0 aliphatic carbocycles. The van der Waals surface area contributed by atoms with E-state index in [-0.39, 0.29) is 5.82 Å². The first-order valence-corrected chi connectivity index (χ1v) is 9.94. The molecule has 3 amide bonds. The zero-order valence-electron chi connectivity index (χ0n) is 17.7. The van der Waals surface area contributed by atoms with E-state index in [4.69, 9.17) is 5.73 Å². The SMILES string of the molecule is CCCCC1(c2ccccc2)NC(=O)N(CC(=O)c2c(N)n(C)c(=O)n(C)c2=O)C1=O. The van der Waals surface area contributed by atoms with Gasteiger partial charge in [-0.2, -0.15) is 0 Å². The van der Waals surface area contributed by atoms with Gasteiger partial charge in [-0.05, 0) is 12.0 Å². The van der Waals surface area contributed by atoms with Crippen molar-refractivity contribution in [3.63, 3.8) is 0 Å². The Morgan fingerprint density at radius 2 is 1.71 bits per heavy atom. The van der Waals surface area contributed by atoms with E-state index in [0.717, 1.165) is 20.5 Å². The summed E-state index contributed by atoms with van der Waals surface area (Å²) in [5, 5.41) is 2.75. The minimum Gasteiger partial charge on any atom is -0.384 e. The molecule has 31 heavy (non-hydrogen) atoms. The van der Waals surface area contributed by atoms with Crippen LogP contribution in [0.2, 0.25) is 0 Å². The van der Waals surface area contributed by atoms with Gasteiger partial charge in [0.1, 0.15) is 16.9 Å². The number of unbranched alkanes of at least 4 members (excludes halogenated alkanes) is 1. The maximum atomic E-state index is 13.4. The molecule has 10 nitrogen and oxygen atoms in total. The molecule has 1 aromatic heterocycles. The molecule has 0 radical (unpaired) electrons. The predicted molar refractivity (Wildman–Crippen MR) is 114 cm³/mol. The van der Waals surface area contributed by atoms with E-state index in [1.807, 2.05) is 6.92 Å². The molecular weight excluding hydrogens is 402 g/mol. The first-order valence-electron chi connectivity index (χ1n) is 9.94. The first-order chi connectivity index (χ1) is 14.7. The molecule has 3 N–H and O–H groups in total. The third-order valence-corrected chi connectivity index (χ3v) is 5.64. The highest BCUT2D eigenvalue weighted by atomic mass is 16.2. The number of carbonyl (C=O) groups is 3. The maximum Gasteiger partial charge on any atom is 0.332 e. The molecule has 0 spiro atoms. The van der Waals surface area contributed by atoms with Crippen LogP contribution < -0.4 is 22.3 Å². The molecule has 1 unspecified atom stereocenters. The van der Waals surface area contributed by atoms with E-state index < -0.39 is 46.6 Å². The van der Waals surface area contributed by atoms with Crippen LogP contribution in [0.25, 0.3) is 0 Å². The summed E-state index contributed by atoms with van der Waals surface area (Å²) in [6.45, 7) is 1.31. The molecule has 2 aromatic rings. The largest absolute Gasteiger partial charge is 0.384 e.